The predicted octanol–water partition coefficient (Wildman–Crippen LogP) is 5.22. The molecule has 3 aromatic carbocycles. The van der Waals surface area contributed by atoms with Crippen LogP contribution in [0.2, 0.25) is 0 Å². The van der Waals surface area contributed by atoms with Gasteiger partial charge in [-0.15, -0.1) is 0 Å². The molecule has 1 N–H and O–H groups in total. The van der Waals surface area contributed by atoms with Gasteiger partial charge in [-0.1, -0.05) is 74.5 Å². The smallest absolute Gasteiger partial charge is 0.240 e. The van der Waals surface area contributed by atoms with E-state index in [0.717, 1.165) is 34.5 Å². The van der Waals surface area contributed by atoms with E-state index in [9.17, 15) is 8.42 Å². The molecule has 0 aliphatic rings. The Morgan fingerprint density at radius 2 is 1.50 bits per heavy atom. The SMILES string of the molecule is CC(C)Cc1ccc(S(=O)(=O)NCc2cn(-c3ccccc3)nc2-c2ccccc2)cc1. The van der Waals surface area contributed by atoms with Gasteiger partial charge in [0.15, 0.2) is 0 Å². The standard InChI is InChI=1S/C26H27N3O2S/c1-20(2)17-21-13-15-25(16-14-21)32(30,31)27-18-23-19-29(24-11-7-4-8-12-24)28-26(23)22-9-5-3-6-10-22/h3-16,19-20,27H,17-18H2,1-2H3. The van der Waals surface area contributed by atoms with Crippen molar-refractivity contribution < 1.29 is 8.42 Å². The van der Waals surface area contributed by atoms with Crippen molar-refractivity contribution in [3.63, 3.8) is 0 Å². The molecule has 0 aliphatic heterocycles. The number of aromatic nitrogens is 2. The van der Waals surface area contributed by atoms with Crippen LogP contribution in [-0.4, -0.2) is 18.2 Å². The zero-order valence-corrected chi connectivity index (χ0v) is 19.1. The van der Waals surface area contributed by atoms with Crippen molar-refractivity contribution in [2.75, 3.05) is 0 Å². The minimum absolute atomic E-state index is 0.146. The number of sulfonamides is 1. The largest absolute Gasteiger partial charge is 0.240 e. The lowest BCUT2D eigenvalue weighted by molar-refractivity contribution is 0.581. The van der Waals surface area contributed by atoms with Gasteiger partial charge in [-0.3, -0.25) is 0 Å². The minimum Gasteiger partial charge on any atom is -0.240 e. The van der Waals surface area contributed by atoms with Gasteiger partial charge in [-0.2, -0.15) is 5.10 Å². The molecule has 0 radical (unpaired) electrons. The van der Waals surface area contributed by atoms with Gasteiger partial charge in [0, 0.05) is 23.9 Å². The fourth-order valence-corrected chi connectivity index (χ4v) is 4.63. The van der Waals surface area contributed by atoms with Gasteiger partial charge >= 0.3 is 0 Å². The van der Waals surface area contributed by atoms with Crippen molar-refractivity contribution in [2.45, 2.75) is 31.7 Å². The molecule has 4 rings (SSSR count). The molecular weight excluding hydrogens is 418 g/mol. The summed E-state index contributed by atoms with van der Waals surface area (Å²) < 4.78 is 30.4. The van der Waals surface area contributed by atoms with Gasteiger partial charge in [0.1, 0.15) is 0 Å². The Labute approximate surface area is 189 Å². The molecule has 0 fully saturated rings. The summed E-state index contributed by atoms with van der Waals surface area (Å²) in [5.41, 5.74) is 4.55. The van der Waals surface area contributed by atoms with Crippen molar-refractivity contribution in [3.05, 3.63) is 102 Å². The molecular formula is C26H27N3O2S. The third-order valence-electron chi connectivity index (χ3n) is 5.19. The number of para-hydroxylation sites is 1. The molecule has 0 atom stereocenters. The monoisotopic (exact) mass is 445 g/mol. The van der Waals surface area contributed by atoms with Crippen LogP contribution < -0.4 is 4.72 Å². The lowest BCUT2D eigenvalue weighted by Gasteiger charge is -2.09. The zero-order valence-electron chi connectivity index (χ0n) is 18.3. The summed E-state index contributed by atoms with van der Waals surface area (Å²) in [5.74, 6) is 0.521. The van der Waals surface area contributed by atoms with Crippen LogP contribution >= 0.6 is 0 Å². The van der Waals surface area contributed by atoms with Crippen molar-refractivity contribution in [1.82, 2.24) is 14.5 Å². The second kappa shape index (κ2) is 9.51. The van der Waals surface area contributed by atoms with Crippen LogP contribution in [0.15, 0.2) is 96.0 Å². The highest BCUT2D eigenvalue weighted by Crippen LogP contribution is 2.24. The number of nitrogens with zero attached hydrogens (tertiary/aromatic N) is 2. The topological polar surface area (TPSA) is 64.0 Å². The Kier molecular flexibility index (Phi) is 6.53. The molecule has 0 amide bonds. The van der Waals surface area contributed by atoms with Gasteiger partial charge in [0.2, 0.25) is 10.0 Å². The van der Waals surface area contributed by atoms with Crippen LogP contribution in [0.5, 0.6) is 0 Å². The molecule has 0 saturated heterocycles. The first kappa shape index (κ1) is 22.0. The van der Waals surface area contributed by atoms with Crippen LogP contribution in [-0.2, 0) is 23.0 Å². The number of hydrogen-bond acceptors (Lipinski definition) is 3. The maximum atomic E-state index is 12.9. The summed E-state index contributed by atoms with van der Waals surface area (Å²) in [4.78, 5) is 0.265. The van der Waals surface area contributed by atoms with Gasteiger partial charge in [0.25, 0.3) is 0 Å². The molecule has 0 saturated carbocycles. The molecule has 164 valence electrons. The molecule has 1 aromatic heterocycles. The maximum absolute atomic E-state index is 12.9. The Morgan fingerprint density at radius 1 is 0.875 bits per heavy atom. The average Bonchev–Trinajstić information content (AvgIpc) is 3.23. The highest BCUT2D eigenvalue weighted by Gasteiger charge is 2.18. The van der Waals surface area contributed by atoms with E-state index in [1.165, 1.54) is 0 Å². The van der Waals surface area contributed by atoms with E-state index in [0.29, 0.717) is 5.92 Å². The molecule has 1 heterocycles. The summed E-state index contributed by atoms with van der Waals surface area (Å²) in [5, 5.41) is 4.75. The van der Waals surface area contributed by atoms with Gasteiger partial charge in [-0.25, -0.2) is 17.8 Å². The zero-order chi connectivity index (χ0) is 22.6. The highest BCUT2D eigenvalue weighted by atomic mass is 32.2. The van der Waals surface area contributed by atoms with Gasteiger partial charge in [-0.05, 0) is 42.2 Å². The molecule has 6 heteroatoms. The average molecular weight is 446 g/mol. The normalized spacial score (nSPS) is 11.7. The quantitative estimate of drug-likeness (QED) is 0.405. The van der Waals surface area contributed by atoms with E-state index in [4.69, 9.17) is 5.10 Å². The van der Waals surface area contributed by atoms with E-state index >= 15 is 0 Å². The number of nitrogens with one attached hydrogen (secondary N) is 1. The van der Waals surface area contributed by atoms with Crippen molar-refractivity contribution >= 4 is 10.0 Å². The number of hydrogen-bond donors (Lipinski definition) is 1. The van der Waals surface area contributed by atoms with E-state index in [2.05, 4.69) is 18.6 Å². The summed E-state index contributed by atoms with van der Waals surface area (Å²) >= 11 is 0. The first-order valence-corrected chi connectivity index (χ1v) is 12.2. The van der Waals surface area contributed by atoms with E-state index in [1.807, 2.05) is 79.0 Å². The van der Waals surface area contributed by atoms with Crippen molar-refractivity contribution in [1.29, 1.82) is 0 Å². The van der Waals surface area contributed by atoms with Crippen molar-refractivity contribution in [3.8, 4) is 16.9 Å². The Bertz CT molecular complexity index is 1260. The summed E-state index contributed by atoms with van der Waals surface area (Å²) in [6, 6.07) is 26.7. The second-order valence-corrected chi connectivity index (χ2v) is 9.98. The molecule has 0 bridgehead atoms. The van der Waals surface area contributed by atoms with Crippen LogP contribution in [0.4, 0.5) is 0 Å². The van der Waals surface area contributed by atoms with Crippen LogP contribution in [0, 0.1) is 5.92 Å². The molecule has 0 aliphatic carbocycles. The first-order chi connectivity index (χ1) is 15.4. The van der Waals surface area contributed by atoms with Gasteiger partial charge in [0.05, 0.1) is 16.3 Å². The highest BCUT2D eigenvalue weighted by molar-refractivity contribution is 7.89. The molecule has 0 spiro atoms. The third-order valence-corrected chi connectivity index (χ3v) is 6.61. The summed E-state index contributed by atoms with van der Waals surface area (Å²) in [7, 11) is -3.65. The van der Waals surface area contributed by atoms with Crippen LogP contribution in [0.1, 0.15) is 25.0 Å². The number of benzene rings is 3. The van der Waals surface area contributed by atoms with Crippen LogP contribution in [0.25, 0.3) is 16.9 Å². The first-order valence-electron chi connectivity index (χ1n) is 10.7. The minimum atomic E-state index is -3.65. The lowest BCUT2D eigenvalue weighted by atomic mass is 10.0. The lowest BCUT2D eigenvalue weighted by Crippen LogP contribution is -2.23. The van der Waals surface area contributed by atoms with E-state index < -0.39 is 10.0 Å². The molecule has 4 aromatic rings. The Morgan fingerprint density at radius 3 is 2.12 bits per heavy atom. The fourth-order valence-electron chi connectivity index (χ4n) is 3.62. The summed E-state index contributed by atoms with van der Waals surface area (Å²) in [6.07, 6.45) is 2.80. The Balaban J connectivity index is 1.60. The molecule has 0 unspecified atom stereocenters. The van der Waals surface area contributed by atoms with E-state index in [1.54, 1.807) is 16.8 Å². The van der Waals surface area contributed by atoms with Crippen LogP contribution in [0.3, 0.4) is 0 Å². The van der Waals surface area contributed by atoms with E-state index in [-0.39, 0.29) is 11.4 Å². The van der Waals surface area contributed by atoms with Crippen molar-refractivity contribution in [2.24, 2.45) is 5.92 Å². The predicted molar refractivity (Wildman–Crippen MR) is 128 cm³/mol. The number of rotatable bonds is 8. The van der Waals surface area contributed by atoms with Gasteiger partial charge < -0.3 is 0 Å². The second-order valence-electron chi connectivity index (χ2n) is 8.22. The Hall–Kier alpha value is -3.22. The summed E-state index contributed by atoms with van der Waals surface area (Å²) in [6.45, 7) is 4.44. The molecule has 5 nitrogen and oxygen atoms in total. The fraction of sp³-hybridized carbons (Fsp3) is 0.192. The third kappa shape index (κ3) is 5.15. The maximum Gasteiger partial charge on any atom is 0.240 e. The molecule has 32 heavy (non-hydrogen) atoms.